The molecule has 2 aromatic carbocycles. The Hall–Kier alpha value is -2.63. The summed E-state index contributed by atoms with van der Waals surface area (Å²) in [6, 6.07) is 6.63. The van der Waals surface area contributed by atoms with Gasteiger partial charge in [-0.05, 0) is 36.4 Å². The Kier molecular flexibility index (Phi) is 7.22. The van der Waals surface area contributed by atoms with Crippen molar-refractivity contribution in [3.63, 3.8) is 0 Å². The van der Waals surface area contributed by atoms with Crippen molar-refractivity contribution >= 4 is 39.2 Å². The van der Waals surface area contributed by atoms with Crippen LogP contribution in [-0.4, -0.2) is 44.8 Å². The lowest BCUT2D eigenvalue weighted by molar-refractivity contribution is -0.147. The van der Waals surface area contributed by atoms with Crippen LogP contribution in [0.2, 0.25) is 5.02 Å². The Morgan fingerprint density at radius 2 is 1.69 bits per heavy atom. The molecule has 0 aliphatic carbocycles. The fourth-order valence-electron chi connectivity index (χ4n) is 2.05. The lowest BCUT2D eigenvalue weighted by atomic mass is 10.3. The number of esters is 1. The first-order chi connectivity index (χ1) is 13.5. The molecular weight excluding hydrogens is 437 g/mol. The highest BCUT2D eigenvalue weighted by molar-refractivity contribution is 7.89. The normalized spacial score (nSPS) is 11.4. The number of benzene rings is 2. The molecule has 0 aliphatic heterocycles. The van der Waals surface area contributed by atoms with Gasteiger partial charge in [-0.2, -0.15) is 4.31 Å². The van der Waals surface area contributed by atoms with Crippen LogP contribution in [0, 0.1) is 17.5 Å². The van der Waals surface area contributed by atoms with Gasteiger partial charge in [0.15, 0.2) is 24.1 Å². The van der Waals surface area contributed by atoms with Crippen molar-refractivity contribution in [2.75, 3.05) is 25.5 Å². The van der Waals surface area contributed by atoms with E-state index in [0.717, 1.165) is 13.1 Å². The summed E-state index contributed by atoms with van der Waals surface area (Å²) in [5, 5.41) is 2.23. The van der Waals surface area contributed by atoms with Crippen LogP contribution in [0.3, 0.4) is 0 Å². The molecule has 1 N–H and O–H groups in total. The fraction of sp³-hybridized carbons (Fsp3) is 0.176. The number of nitrogens with zero attached hydrogens (tertiary/aromatic N) is 1. The van der Waals surface area contributed by atoms with Crippen molar-refractivity contribution in [2.45, 2.75) is 4.90 Å². The summed E-state index contributed by atoms with van der Waals surface area (Å²) in [7, 11) is -2.88. The van der Waals surface area contributed by atoms with Crippen molar-refractivity contribution in [1.29, 1.82) is 0 Å². The summed E-state index contributed by atoms with van der Waals surface area (Å²) in [4.78, 5) is 23.4. The van der Waals surface area contributed by atoms with E-state index in [-0.39, 0.29) is 4.90 Å². The predicted molar refractivity (Wildman–Crippen MR) is 97.2 cm³/mol. The third kappa shape index (κ3) is 5.68. The second kappa shape index (κ2) is 9.25. The SMILES string of the molecule is CN(CC(=O)OCC(=O)Nc1ccc(F)c(F)c1F)S(=O)(=O)c1ccc(Cl)cc1. The number of halogens is 4. The highest BCUT2D eigenvalue weighted by Crippen LogP contribution is 2.20. The molecule has 0 spiro atoms. The van der Waals surface area contributed by atoms with Crippen LogP contribution in [0.1, 0.15) is 0 Å². The molecule has 0 unspecified atom stereocenters. The van der Waals surface area contributed by atoms with Gasteiger partial charge in [0, 0.05) is 12.1 Å². The average molecular weight is 451 g/mol. The van der Waals surface area contributed by atoms with Gasteiger partial charge in [0.25, 0.3) is 5.91 Å². The molecule has 0 fully saturated rings. The monoisotopic (exact) mass is 450 g/mol. The molecule has 156 valence electrons. The average Bonchev–Trinajstić information content (AvgIpc) is 2.67. The third-order valence-electron chi connectivity index (χ3n) is 3.55. The Bertz CT molecular complexity index is 1030. The smallest absolute Gasteiger partial charge is 0.321 e. The highest BCUT2D eigenvalue weighted by Gasteiger charge is 2.24. The first kappa shape index (κ1) is 22.7. The van der Waals surface area contributed by atoms with Crippen molar-refractivity contribution in [2.24, 2.45) is 0 Å². The van der Waals surface area contributed by atoms with Gasteiger partial charge in [-0.15, -0.1) is 0 Å². The van der Waals surface area contributed by atoms with E-state index >= 15 is 0 Å². The second-order valence-electron chi connectivity index (χ2n) is 5.65. The summed E-state index contributed by atoms with van der Waals surface area (Å²) >= 11 is 5.70. The lowest BCUT2D eigenvalue weighted by Crippen LogP contribution is -2.34. The van der Waals surface area contributed by atoms with E-state index in [1.165, 1.54) is 24.3 Å². The molecule has 0 atom stereocenters. The molecule has 0 aliphatic rings. The maximum absolute atomic E-state index is 13.5. The van der Waals surface area contributed by atoms with Crippen molar-refractivity contribution in [3.8, 4) is 0 Å². The number of nitrogens with one attached hydrogen (secondary N) is 1. The Morgan fingerprint density at radius 1 is 1.07 bits per heavy atom. The molecule has 12 heteroatoms. The van der Waals surface area contributed by atoms with Crippen LogP contribution in [0.15, 0.2) is 41.3 Å². The van der Waals surface area contributed by atoms with Gasteiger partial charge >= 0.3 is 5.97 Å². The van der Waals surface area contributed by atoms with E-state index in [4.69, 9.17) is 11.6 Å². The number of carbonyl (C=O) groups is 2. The van der Waals surface area contributed by atoms with Gasteiger partial charge in [0.1, 0.15) is 6.54 Å². The molecule has 0 aromatic heterocycles. The fourth-order valence-corrected chi connectivity index (χ4v) is 3.29. The predicted octanol–water partition coefficient (Wildman–Crippen LogP) is 2.56. The molecule has 7 nitrogen and oxygen atoms in total. The van der Waals surface area contributed by atoms with Gasteiger partial charge in [-0.1, -0.05) is 11.6 Å². The Balaban J connectivity index is 1.91. The largest absolute Gasteiger partial charge is 0.455 e. The first-order valence-electron chi connectivity index (χ1n) is 7.83. The summed E-state index contributed by atoms with van der Waals surface area (Å²) in [6.07, 6.45) is 0. The molecule has 2 aromatic rings. The van der Waals surface area contributed by atoms with Gasteiger partial charge in [-0.25, -0.2) is 21.6 Å². The minimum Gasteiger partial charge on any atom is -0.455 e. The van der Waals surface area contributed by atoms with E-state index in [1.807, 2.05) is 5.32 Å². The summed E-state index contributed by atoms with van der Waals surface area (Å²) in [6.45, 7) is -1.61. The number of likely N-dealkylation sites (N-methyl/N-ethyl adjacent to an activating group) is 1. The molecule has 0 saturated heterocycles. The number of sulfonamides is 1. The number of carbonyl (C=O) groups excluding carboxylic acids is 2. The van der Waals surface area contributed by atoms with Crippen LogP contribution in [0.25, 0.3) is 0 Å². The third-order valence-corrected chi connectivity index (χ3v) is 5.62. The zero-order chi connectivity index (χ0) is 21.8. The van der Waals surface area contributed by atoms with Crippen LogP contribution in [0.4, 0.5) is 18.9 Å². The first-order valence-corrected chi connectivity index (χ1v) is 9.65. The number of hydrogen-bond acceptors (Lipinski definition) is 5. The summed E-state index contributed by atoms with van der Waals surface area (Å²) in [5.41, 5.74) is -0.646. The lowest BCUT2D eigenvalue weighted by Gasteiger charge is -2.16. The zero-order valence-electron chi connectivity index (χ0n) is 14.8. The zero-order valence-corrected chi connectivity index (χ0v) is 16.4. The molecule has 0 heterocycles. The molecule has 0 radical (unpaired) electrons. The molecule has 29 heavy (non-hydrogen) atoms. The van der Waals surface area contributed by atoms with Crippen LogP contribution in [-0.2, 0) is 24.3 Å². The van der Waals surface area contributed by atoms with E-state index in [2.05, 4.69) is 4.74 Å². The maximum Gasteiger partial charge on any atom is 0.321 e. The van der Waals surface area contributed by atoms with Crippen molar-refractivity contribution in [1.82, 2.24) is 4.31 Å². The highest BCUT2D eigenvalue weighted by atomic mass is 35.5. The quantitative estimate of drug-likeness (QED) is 0.517. The number of ether oxygens (including phenoxy) is 1. The maximum atomic E-state index is 13.5. The molecular formula is C17H14ClF3N2O5S. The number of anilines is 1. The minimum absolute atomic E-state index is 0.108. The van der Waals surface area contributed by atoms with Crippen LogP contribution in [0.5, 0.6) is 0 Å². The topological polar surface area (TPSA) is 92.8 Å². The van der Waals surface area contributed by atoms with E-state index in [0.29, 0.717) is 15.4 Å². The van der Waals surface area contributed by atoms with Gasteiger partial charge in [0.2, 0.25) is 10.0 Å². The molecule has 0 saturated carbocycles. The number of rotatable bonds is 7. The second-order valence-corrected chi connectivity index (χ2v) is 8.13. The van der Waals surface area contributed by atoms with Crippen LogP contribution >= 0.6 is 11.6 Å². The number of hydrogen-bond donors (Lipinski definition) is 1. The molecule has 0 bridgehead atoms. The standard InChI is InChI=1S/C17H14ClF3N2O5S/c1-23(29(26,27)11-4-2-10(18)3-5-11)8-15(25)28-9-14(24)22-13-7-6-12(19)16(20)17(13)21/h2-7H,8-9H2,1H3,(H,22,24). The van der Waals surface area contributed by atoms with Crippen LogP contribution < -0.4 is 5.32 Å². The van der Waals surface area contributed by atoms with Crippen molar-refractivity contribution in [3.05, 3.63) is 58.9 Å². The Labute approximate surface area is 169 Å². The van der Waals surface area contributed by atoms with Gasteiger partial charge < -0.3 is 10.1 Å². The summed E-state index contributed by atoms with van der Waals surface area (Å²) in [5.74, 6) is -6.92. The molecule has 2 rings (SSSR count). The van der Waals surface area contributed by atoms with Gasteiger partial charge in [-0.3, -0.25) is 9.59 Å². The van der Waals surface area contributed by atoms with Crippen molar-refractivity contribution < 1.29 is 35.9 Å². The van der Waals surface area contributed by atoms with Gasteiger partial charge in [0.05, 0.1) is 10.6 Å². The van der Waals surface area contributed by atoms with E-state index in [9.17, 15) is 31.2 Å². The molecule has 1 amide bonds. The summed E-state index contributed by atoms with van der Waals surface area (Å²) < 4.78 is 69.5. The Morgan fingerprint density at radius 3 is 2.31 bits per heavy atom. The van der Waals surface area contributed by atoms with E-state index < -0.39 is 58.2 Å². The number of amides is 1. The van der Waals surface area contributed by atoms with E-state index in [1.54, 1.807) is 0 Å². The minimum atomic E-state index is -4.01.